The van der Waals surface area contributed by atoms with Gasteiger partial charge in [0.25, 0.3) is 10.0 Å². The van der Waals surface area contributed by atoms with Gasteiger partial charge in [0.05, 0.1) is 12.2 Å². The van der Waals surface area contributed by atoms with E-state index in [0.29, 0.717) is 11.3 Å². The van der Waals surface area contributed by atoms with Gasteiger partial charge < -0.3 is 0 Å². The van der Waals surface area contributed by atoms with Gasteiger partial charge in [-0.2, -0.15) is 0 Å². The van der Waals surface area contributed by atoms with E-state index < -0.39 is 10.0 Å². The lowest BCUT2D eigenvalue weighted by Gasteiger charge is -2.25. The van der Waals surface area contributed by atoms with Crippen molar-refractivity contribution in [2.24, 2.45) is 0 Å². The molecule has 0 amide bonds. The number of fused-ring (bicyclic) bond motifs is 1. The molecule has 0 aliphatic carbocycles. The van der Waals surface area contributed by atoms with E-state index in [2.05, 4.69) is 10.2 Å². The lowest BCUT2D eigenvalue weighted by molar-refractivity contribution is 0.590. The number of aryl methyl sites for hydroxylation is 1. The molecule has 0 aliphatic rings. The highest BCUT2D eigenvalue weighted by Gasteiger charge is 2.28. The molecule has 8 heteroatoms. The number of pyridine rings is 1. The van der Waals surface area contributed by atoms with Gasteiger partial charge in [-0.1, -0.05) is 31.2 Å². The number of benzene rings is 2. The van der Waals surface area contributed by atoms with E-state index in [-0.39, 0.29) is 22.9 Å². The summed E-state index contributed by atoms with van der Waals surface area (Å²) in [5.74, 6) is -0.372. The summed E-state index contributed by atoms with van der Waals surface area (Å²) in [5.41, 5.74) is 2.55. The molecule has 148 valence electrons. The maximum atomic E-state index is 13.6. The van der Waals surface area contributed by atoms with Crippen LogP contribution in [0.3, 0.4) is 0 Å². The minimum Gasteiger partial charge on any atom is -0.288 e. The van der Waals surface area contributed by atoms with Gasteiger partial charge in [-0.25, -0.2) is 12.8 Å². The monoisotopic (exact) mass is 410 g/mol. The second-order valence-corrected chi connectivity index (χ2v) is 8.42. The van der Waals surface area contributed by atoms with Crippen LogP contribution in [0.4, 0.5) is 10.1 Å². The Hall–Kier alpha value is -3.26. The second kappa shape index (κ2) is 7.63. The molecular weight excluding hydrogens is 391 g/mol. The fourth-order valence-electron chi connectivity index (χ4n) is 3.11. The fourth-order valence-corrected chi connectivity index (χ4v) is 4.70. The van der Waals surface area contributed by atoms with Gasteiger partial charge >= 0.3 is 0 Å². The van der Waals surface area contributed by atoms with Gasteiger partial charge in [0, 0.05) is 6.20 Å². The molecule has 0 N–H and O–H groups in total. The summed E-state index contributed by atoms with van der Waals surface area (Å²) in [6.07, 6.45) is 3.99. The van der Waals surface area contributed by atoms with Crippen molar-refractivity contribution in [2.75, 3.05) is 4.31 Å². The second-order valence-electron chi connectivity index (χ2n) is 6.59. The molecule has 0 saturated carbocycles. The third kappa shape index (κ3) is 3.71. The Morgan fingerprint density at radius 2 is 1.69 bits per heavy atom. The van der Waals surface area contributed by atoms with Crippen LogP contribution in [0.1, 0.15) is 18.1 Å². The molecule has 0 bridgehead atoms. The van der Waals surface area contributed by atoms with Crippen LogP contribution in [-0.2, 0) is 23.0 Å². The normalized spacial score (nSPS) is 11.7. The van der Waals surface area contributed by atoms with Crippen molar-refractivity contribution >= 4 is 21.4 Å². The molecule has 0 atom stereocenters. The zero-order chi connectivity index (χ0) is 20.4. The number of rotatable bonds is 6. The molecule has 0 spiro atoms. The molecule has 0 fully saturated rings. The van der Waals surface area contributed by atoms with Gasteiger partial charge in [0.15, 0.2) is 5.65 Å². The summed E-state index contributed by atoms with van der Waals surface area (Å²) in [7, 11) is -3.96. The van der Waals surface area contributed by atoms with Crippen LogP contribution in [0.25, 0.3) is 5.65 Å². The first-order valence-electron chi connectivity index (χ1n) is 9.13. The summed E-state index contributed by atoms with van der Waals surface area (Å²) in [6, 6.07) is 16.3. The van der Waals surface area contributed by atoms with Crippen molar-refractivity contribution in [3.8, 4) is 0 Å². The molecular formula is C21H19FN4O2S. The van der Waals surface area contributed by atoms with Crippen LogP contribution in [-0.4, -0.2) is 23.0 Å². The topological polar surface area (TPSA) is 67.6 Å². The molecule has 4 rings (SSSR count). The van der Waals surface area contributed by atoms with Crippen LogP contribution in [0, 0.1) is 5.82 Å². The zero-order valence-corrected chi connectivity index (χ0v) is 16.6. The lowest BCUT2D eigenvalue weighted by Crippen LogP contribution is -2.31. The highest BCUT2D eigenvalue weighted by atomic mass is 32.2. The molecule has 29 heavy (non-hydrogen) atoms. The minimum absolute atomic E-state index is 0.0548. The average Bonchev–Trinajstić information content (AvgIpc) is 3.22. The number of sulfonamides is 1. The van der Waals surface area contributed by atoms with E-state index in [1.807, 2.05) is 19.1 Å². The summed E-state index contributed by atoms with van der Waals surface area (Å²) < 4.78 is 43.5. The first-order chi connectivity index (χ1) is 14.0. The maximum absolute atomic E-state index is 13.6. The third-order valence-electron chi connectivity index (χ3n) is 4.73. The van der Waals surface area contributed by atoms with Gasteiger partial charge in [-0.15, -0.1) is 10.2 Å². The molecule has 2 aromatic heterocycles. The Morgan fingerprint density at radius 1 is 1.00 bits per heavy atom. The average molecular weight is 410 g/mol. The Morgan fingerprint density at radius 3 is 2.38 bits per heavy atom. The fraction of sp³-hybridized carbons (Fsp3) is 0.143. The number of anilines is 1. The number of halogens is 1. The molecule has 2 heterocycles. The van der Waals surface area contributed by atoms with Gasteiger partial charge in [-0.3, -0.25) is 8.71 Å². The summed E-state index contributed by atoms with van der Waals surface area (Å²) >= 11 is 0. The van der Waals surface area contributed by atoms with Crippen molar-refractivity contribution in [2.45, 2.75) is 24.8 Å². The molecule has 0 radical (unpaired) electrons. The standard InChI is InChI=1S/C21H19FN4O2S/c1-2-16-7-11-19(12-8-16)26(14-17-5-9-18(22)10-6-17)29(27,28)20-4-3-13-25-15-23-24-21(20)25/h3-13,15H,2,14H2,1H3. The van der Waals surface area contributed by atoms with Crippen molar-refractivity contribution in [1.82, 2.24) is 14.6 Å². The highest BCUT2D eigenvalue weighted by molar-refractivity contribution is 7.93. The highest BCUT2D eigenvalue weighted by Crippen LogP contribution is 2.28. The predicted octanol–water partition coefficient (Wildman–Crippen LogP) is 3.83. The smallest absolute Gasteiger partial charge is 0.268 e. The summed E-state index contributed by atoms with van der Waals surface area (Å²) in [6.45, 7) is 2.09. The number of aromatic nitrogens is 3. The van der Waals surface area contributed by atoms with Crippen molar-refractivity contribution in [3.05, 3.63) is 90.1 Å². The van der Waals surface area contributed by atoms with Crippen molar-refractivity contribution in [3.63, 3.8) is 0 Å². The van der Waals surface area contributed by atoms with Crippen LogP contribution in [0.5, 0.6) is 0 Å². The molecule has 6 nitrogen and oxygen atoms in total. The van der Waals surface area contributed by atoms with E-state index in [4.69, 9.17) is 0 Å². The van der Waals surface area contributed by atoms with E-state index in [0.717, 1.165) is 12.0 Å². The predicted molar refractivity (Wildman–Crippen MR) is 109 cm³/mol. The first-order valence-corrected chi connectivity index (χ1v) is 10.6. The molecule has 0 aliphatic heterocycles. The van der Waals surface area contributed by atoms with Crippen LogP contribution in [0.2, 0.25) is 0 Å². The van der Waals surface area contributed by atoms with Crippen molar-refractivity contribution in [1.29, 1.82) is 0 Å². The quantitative estimate of drug-likeness (QED) is 0.485. The van der Waals surface area contributed by atoms with Gasteiger partial charge in [-0.05, 0) is 53.9 Å². The van der Waals surface area contributed by atoms with Crippen LogP contribution in [0.15, 0.2) is 78.1 Å². The Bertz CT molecular complexity index is 1240. The van der Waals surface area contributed by atoms with Gasteiger partial charge in [0.2, 0.25) is 0 Å². The maximum Gasteiger partial charge on any atom is 0.268 e. The Labute approximate surface area is 168 Å². The van der Waals surface area contributed by atoms with Crippen molar-refractivity contribution < 1.29 is 12.8 Å². The molecule has 0 unspecified atom stereocenters. The zero-order valence-electron chi connectivity index (χ0n) is 15.7. The first kappa shape index (κ1) is 19.1. The largest absolute Gasteiger partial charge is 0.288 e. The SMILES string of the molecule is CCc1ccc(N(Cc2ccc(F)cc2)S(=O)(=O)c2cccn3cnnc23)cc1. The van der Waals surface area contributed by atoms with E-state index in [1.54, 1.807) is 40.9 Å². The van der Waals surface area contributed by atoms with E-state index >= 15 is 0 Å². The number of nitrogens with zero attached hydrogens (tertiary/aromatic N) is 4. The summed E-state index contributed by atoms with van der Waals surface area (Å²) in [5, 5.41) is 7.78. The van der Waals surface area contributed by atoms with Crippen LogP contribution < -0.4 is 4.31 Å². The third-order valence-corrected chi connectivity index (χ3v) is 6.52. The van der Waals surface area contributed by atoms with E-state index in [9.17, 15) is 12.8 Å². The molecule has 2 aromatic carbocycles. The number of hydrogen-bond acceptors (Lipinski definition) is 4. The lowest BCUT2D eigenvalue weighted by atomic mass is 10.1. The molecule has 4 aromatic rings. The number of hydrogen-bond donors (Lipinski definition) is 0. The Kier molecular flexibility index (Phi) is 5.02. The Balaban J connectivity index is 1.83. The molecule has 0 saturated heterocycles. The van der Waals surface area contributed by atoms with Crippen LogP contribution >= 0.6 is 0 Å². The van der Waals surface area contributed by atoms with Gasteiger partial charge in [0.1, 0.15) is 17.0 Å². The minimum atomic E-state index is -3.96. The van der Waals surface area contributed by atoms with E-state index in [1.165, 1.54) is 28.8 Å². The summed E-state index contributed by atoms with van der Waals surface area (Å²) in [4.78, 5) is 0.0548.